The van der Waals surface area contributed by atoms with Crippen LogP contribution in [-0.2, 0) is 9.53 Å². The molecule has 142 valence electrons. The van der Waals surface area contributed by atoms with Crippen LogP contribution in [0.4, 0.5) is 4.39 Å². The Kier molecular flexibility index (Phi) is 6.11. The minimum atomic E-state index is -0.637. The summed E-state index contributed by atoms with van der Waals surface area (Å²) >= 11 is 5.73. The van der Waals surface area contributed by atoms with Crippen molar-refractivity contribution in [2.45, 2.75) is 18.9 Å². The summed E-state index contributed by atoms with van der Waals surface area (Å²) < 4.78 is 19.3. The number of amides is 2. The molecule has 2 fully saturated rings. The van der Waals surface area contributed by atoms with Gasteiger partial charge in [0.2, 0.25) is 5.91 Å². The van der Waals surface area contributed by atoms with Crippen LogP contribution >= 0.6 is 11.6 Å². The molecule has 0 bridgehead atoms. The van der Waals surface area contributed by atoms with Gasteiger partial charge in [0.25, 0.3) is 5.91 Å². The molecule has 0 aliphatic carbocycles. The van der Waals surface area contributed by atoms with Gasteiger partial charge in [0, 0.05) is 44.4 Å². The van der Waals surface area contributed by atoms with Gasteiger partial charge in [-0.15, -0.1) is 0 Å². The molecule has 2 N–H and O–H groups in total. The van der Waals surface area contributed by atoms with Crippen LogP contribution in [0.3, 0.4) is 0 Å². The van der Waals surface area contributed by atoms with E-state index < -0.39 is 11.9 Å². The normalized spacial score (nSPS) is 20.1. The van der Waals surface area contributed by atoms with E-state index in [4.69, 9.17) is 22.1 Å². The molecule has 0 saturated carbocycles. The number of benzene rings is 1. The first-order valence-corrected chi connectivity index (χ1v) is 9.21. The Morgan fingerprint density at radius 1 is 1.15 bits per heavy atom. The SMILES string of the molecule is NC(C(=O)N1CCN(C(=O)c2ccc(Cl)cc2F)CC1)C1CCOCC1. The molecule has 1 unspecified atom stereocenters. The molecule has 1 aromatic carbocycles. The molecule has 26 heavy (non-hydrogen) atoms. The lowest BCUT2D eigenvalue weighted by Crippen LogP contribution is -2.56. The third-order valence-electron chi connectivity index (χ3n) is 5.10. The zero-order chi connectivity index (χ0) is 18.7. The third kappa shape index (κ3) is 4.16. The molecule has 6 nitrogen and oxygen atoms in total. The van der Waals surface area contributed by atoms with Gasteiger partial charge in [0.05, 0.1) is 11.6 Å². The Labute approximate surface area is 157 Å². The number of nitrogens with zero attached hydrogens (tertiary/aromatic N) is 2. The number of carbonyl (C=O) groups excluding carboxylic acids is 2. The van der Waals surface area contributed by atoms with Gasteiger partial charge in [0.15, 0.2) is 0 Å². The van der Waals surface area contributed by atoms with Gasteiger partial charge >= 0.3 is 0 Å². The van der Waals surface area contributed by atoms with Crippen molar-refractivity contribution in [1.29, 1.82) is 0 Å². The smallest absolute Gasteiger partial charge is 0.256 e. The first-order valence-electron chi connectivity index (χ1n) is 8.84. The summed E-state index contributed by atoms with van der Waals surface area (Å²) in [5, 5.41) is 0.247. The molecule has 1 aromatic rings. The van der Waals surface area contributed by atoms with Gasteiger partial charge in [0.1, 0.15) is 5.82 Å². The topological polar surface area (TPSA) is 75.9 Å². The molecule has 0 aromatic heterocycles. The standard InChI is InChI=1S/C18H23ClFN3O3/c19-13-1-2-14(15(20)11-13)17(24)22-5-7-23(8-6-22)18(25)16(21)12-3-9-26-10-4-12/h1-2,11-12,16H,3-10,21H2. The molecule has 2 heterocycles. The first kappa shape index (κ1) is 19.1. The first-order chi connectivity index (χ1) is 12.5. The van der Waals surface area contributed by atoms with Gasteiger partial charge < -0.3 is 20.3 Å². The van der Waals surface area contributed by atoms with Crippen molar-refractivity contribution in [3.63, 3.8) is 0 Å². The number of ether oxygens (including phenoxy) is 1. The largest absolute Gasteiger partial charge is 0.381 e. The van der Waals surface area contributed by atoms with Gasteiger partial charge in [-0.05, 0) is 37.0 Å². The number of halogens is 2. The van der Waals surface area contributed by atoms with E-state index in [0.717, 1.165) is 18.9 Å². The maximum absolute atomic E-state index is 13.9. The second kappa shape index (κ2) is 8.33. The zero-order valence-electron chi connectivity index (χ0n) is 14.5. The van der Waals surface area contributed by atoms with Crippen molar-refractivity contribution in [2.75, 3.05) is 39.4 Å². The Morgan fingerprint density at radius 3 is 2.38 bits per heavy atom. The molecule has 3 rings (SSSR count). The van der Waals surface area contributed by atoms with Crippen molar-refractivity contribution < 1.29 is 18.7 Å². The zero-order valence-corrected chi connectivity index (χ0v) is 15.3. The fourth-order valence-electron chi connectivity index (χ4n) is 3.45. The van der Waals surface area contributed by atoms with Crippen LogP contribution in [0.2, 0.25) is 5.02 Å². The van der Waals surface area contributed by atoms with E-state index in [0.29, 0.717) is 39.4 Å². The lowest BCUT2D eigenvalue weighted by atomic mass is 9.91. The average molecular weight is 384 g/mol. The highest BCUT2D eigenvalue weighted by Crippen LogP contribution is 2.20. The molecule has 2 aliphatic heterocycles. The van der Waals surface area contributed by atoms with Crippen molar-refractivity contribution in [2.24, 2.45) is 11.7 Å². The van der Waals surface area contributed by atoms with Crippen molar-refractivity contribution in [1.82, 2.24) is 9.80 Å². The summed E-state index contributed by atoms with van der Waals surface area (Å²) in [7, 11) is 0. The number of hydrogen-bond donors (Lipinski definition) is 1. The number of nitrogens with two attached hydrogens (primary N) is 1. The van der Waals surface area contributed by atoms with Gasteiger partial charge in [-0.3, -0.25) is 9.59 Å². The number of carbonyl (C=O) groups is 2. The summed E-state index contributed by atoms with van der Waals surface area (Å²) in [6.45, 7) is 2.79. The van der Waals surface area contributed by atoms with E-state index in [2.05, 4.69) is 0 Å². The van der Waals surface area contributed by atoms with E-state index in [9.17, 15) is 14.0 Å². The monoisotopic (exact) mass is 383 g/mol. The van der Waals surface area contributed by atoms with Crippen molar-refractivity contribution in [3.8, 4) is 0 Å². The molecule has 0 radical (unpaired) electrons. The minimum absolute atomic E-state index is 0.00640. The summed E-state index contributed by atoms with van der Waals surface area (Å²) in [6.07, 6.45) is 1.59. The van der Waals surface area contributed by atoms with E-state index in [-0.39, 0.29) is 28.3 Å². The van der Waals surface area contributed by atoms with Crippen LogP contribution in [0.15, 0.2) is 18.2 Å². The molecule has 8 heteroatoms. The Hall–Kier alpha value is -1.70. The lowest BCUT2D eigenvalue weighted by Gasteiger charge is -2.37. The van der Waals surface area contributed by atoms with Crippen LogP contribution in [0, 0.1) is 11.7 Å². The van der Waals surface area contributed by atoms with E-state index >= 15 is 0 Å². The molecular formula is C18H23ClFN3O3. The maximum Gasteiger partial charge on any atom is 0.256 e. The fourth-order valence-corrected chi connectivity index (χ4v) is 3.61. The van der Waals surface area contributed by atoms with Crippen molar-refractivity contribution in [3.05, 3.63) is 34.6 Å². The summed E-state index contributed by atoms with van der Waals surface area (Å²) in [6, 6.07) is 3.47. The quantitative estimate of drug-likeness (QED) is 0.858. The Bertz CT molecular complexity index is 674. The second-order valence-electron chi connectivity index (χ2n) is 6.72. The van der Waals surface area contributed by atoms with Gasteiger partial charge in [-0.25, -0.2) is 4.39 Å². The predicted molar refractivity (Wildman–Crippen MR) is 95.4 cm³/mol. The second-order valence-corrected chi connectivity index (χ2v) is 7.15. The van der Waals surface area contributed by atoms with Crippen LogP contribution < -0.4 is 5.73 Å². The number of piperazine rings is 1. The highest BCUT2D eigenvalue weighted by molar-refractivity contribution is 6.30. The highest BCUT2D eigenvalue weighted by atomic mass is 35.5. The third-order valence-corrected chi connectivity index (χ3v) is 5.33. The van der Waals surface area contributed by atoms with Crippen LogP contribution in [-0.4, -0.2) is 67.0 Å². The highest BCUT2D eigenvalue weighted by Gasteiger charge is 2.32. The Morgan fingerprint density at radius 2 is 1.77 bits per heavy atom. The number of hydrogen-bond acceptors (Lipinski definition) is 4. The maximum atomic E-state index is 13.9. The van der Waals surface area contributed by atoms with Gasteiger partial charge in [-0.2, -0.15) is 0 Å². The molecular weight excluding hydrogens is 361 g/mol. The van der Waals surface area contributed by atoms with E-state index in [1.807, 2.05) is 0 Å². The van der Waals surface area contributed by atoms with Crippen LogP contribution in [0.1, 0.15) is 23.2 Å². The average Bonchev–Trinajstić information content (AvgIpc) is 2.67. The van der Waals surface area contributed by atoms with Crippen LogP contribution in [0.25, 0.3) is 0 Å². The fraction of sp³-hybridized carbons (Fsp3) is 0.556. The molecule has 1 atom stereocenters. The molecule has 2 amide bonds. The predicted octanol–water partition coefficient (Wildman–Crippen LogP) is 1.52. The van der Waals surface area contributed by atoms with E-state index in [1.54, 1.807) is 9.80 Å². The van der Waals surface area contributed by atoms with E-state index in [1.165, 1.54) is 12.1 Å². The lowest BCUT2D eigenvalue weighted by molar-refractivity contribution is -0.136. The minimum Gasteiger partial charge on any atom is -0.381 e. The van der Waals surface area contributed by atoms with Crippen LogP contribution in [0.5, 0.6) is 0 Å². The van der Waals surface area contributed by atoms with Gasteiger partial charge in [-0.1, -0.05) is 11.6 Å². The summed E-state index contributed by atoms with van der Waals surface area (Å²) in [5.41, 5.74) is 6.15. The molecule has 2 saturated heterocycles. The van der Waals surface area contributed by atoms with Crippen molar-refractivity contribution >= 4 is 23.4 Å². The Balaban J connectivity index is 1.56. The summed E-state index contributed by atoms with van der Waals surface area (Å²) in [4.78, 5) is 28.4. The number of rotatable bonds is 3. The molecule has 2 aliphatic rings. The summed E-state index contributed by atoms with van der Waals surface area (Å²) in [5.74, 6) is -0.969. The molecule has 0 spiro atoms.